The Morgan fingerprint density at radius 2 is 1.82 bits per heavy atom. The Hall–Kier alpha value is -2.05. The molecule has 3 nitrogen and oxygen atoms in total. The maximum atomic E-state index is 12.3. The van der Waals surface area contributed by atoms with Crippen LogP contribution in [0.4, 0.5) is 0 Å². The molecule has 0 amide bonds. The smallest absolute Gasteiger partial charge is 0.338 e. The number of aliphatic hydroxyl groups excluding tert-OH is 1. The number of rotatable bonds is 12. The summed E-state index contributed by atoms with van der Waals surface area (Å²) in [6, 6.07) is 8.96. The molecule has 0 aromatic heterocycles. The van der Waals surface area contributed by atoms with Gasteiger partial charge in [0.05, 0.1) is 18.8 Å². The zero-order valence-corrected chi connectivity index (χ0v) is 17.9. The van der Waals surface area contributed by atoms with Gasteiger partial charge in [-0.2, -0.15) is 0 Å². The number of hydrogen-bond donors (Lipinski definition) is 1. The molecule has 0 spiro atoms. The molecular formula is C25H36O3. The van der Waals surface area contributed by atoms with Crippen LogP contribution in [0.25, 0.3) is 0 Å². The summed E-state index contributed by atoms with van der Waals surface area (Å²) in [4.78, 5) is 12.3. The number of allylic oxidation sites excluding steroid dienone is 2. The van der Waals surface area contributed by atoms with Gasteiger partial charge in [0.2, 0.25) is 0 Å². The Kier molecular flexibility index (Phi) is 10.6. The average Bonchev–Trinajstić information content (AvgIpc) is 2.68. The summed E-state index contributed by atoms with van der Waals surface area (Å²) in [6.45, 7) is 9.01. The number of hydrogen-bond acceptors (Lipinski definition) is 3. The number of benzene rings is 1. The van der Waals surface area contributed by atoms with E-state index in [0.29, 0.717) is 23.8 Å². The van der Waals surface area contributed by atoms with Crippen LogP contribution in [0.2, 0.25) is 0 Å². The number of aliphatic hydroxyl groups is 1. The molecule has 1 aromatic rings. The number of carbonyl (C=O) groups excluding carboxylic acids is 1. The van der Waals surface area contributed by atoms with E-state index in [2.05, 4.69) is 39.7 Å². The van der Waals surface area contributed by atoms with Crippen LogP contribution < -0.4 is 0 Å². The minimum absolute atomic E-state index is 0.0217. The molecule has 0 saturated carbocycles. The van der Waals surface area contributed by atoms with Gasteiger partial charge in [0.15, 0.2) is 0 Å². The molecule has 0 aliphatic heterocycles. The van der Waals surface area contributed by atoms with Crippen LogP contribution in [-0.4, -0.2) is 24.3 Å². The summed E-state index contributed by atoms with van der Waals surface area (Å²) in [6.07, 6.45) is 11.5. The first-order valence-corrected chi connectivity index (χ1v) is 10.3. The number of ether oxygens (including phenoxy) is 1. The van der Waals surface area contributed by atoms with Gasteiger partial charge in [-0.05, 0) is 49.7 Å². The molecule has 1 N–H and O–H groups in total. The van der Waals surface area contributed by atoms with Gasteiger partial charge in [0.1, 0.15) is 0 Å². The zero-order chi connectivity index (χ0) is 21.0. The third-order valence-electron chi connectivity index (χ3n) is 5.27. The molecule has 3 heteroatoms. The van der Waals surface area contributed by atoms with E-state index in [0.717, 1.165) is 25.7 Å². The summed E-state index contributed by atoms with van der Waals surface area (Å²) >= 11 is 0. The van der Waals surface area contributed by atoms with E-state index in [9.17, 15) is 9.90 Å². The van der Waals surface area contributed by atoms with Crippen molar-refractivity contribution in [3.8, 4) is 12.3 Å². The number of carbonyl (C=O) groups is 1. The Balaban J connectivity index is 2.85. The van der Waals surface area contributed by atoms with E-state index in [1.54, 1.807) is 12.1 Å². The lowest BCUT2D eigenvalue weighted by Crippen LogP contribution is -2.32. The monoisotopic (exact) mass is 384 g/mol. The van der Waals surface area contributed by atoms with Crippen molar-refractivity contribution >= 4 is 5.97 Å². The second kappa shape index (κ2) is 12.4. The van der Waals surface area contributed by atoms with Crippen LogP contribution in [0.5, 0.6) is 0 Å². The van der Waals surface area contributed by atoms with Crippen LogP contribution in [0.15, 0.2) is 42.0 Å². The van der Waals surface area contributed by atoms with E-state index in [-0.39, 0.29) is 19.2 Å². The maximum Gasteiger partial charge on any atom is 0.338 e. The fourth-order valence-corrected chi connectivity index (χ4v) is 3.60. The summed E-state index contributed by atoms with van der Waals surface area (Å²) < 4.78 is 5.60. The molecule has 0 heterocycles. The van der Waals surface area contributed by atoms with Gasteiger partial charge < -0.3 is 9.84 Å². The van der Waals surface area contributed by atoms with E-state index in [1.165, 1.54) is 5.57 Å². The first-order valence-electron chi connectivity index (χ1n) is 10.3. The highest BCUT2D eigenvalue weighted by Gasteiger charge is 2.30. The highest BCUT2D eigenvalue weighted by molar-refractivity contribution is 5.89. The van der Waals surface area contributed by atoms with Crippen LogP contribution in [-0.2, 0) is 4.74 Å². The minimum atomic E-state index is -0.461. The van der Waals surface area contributed by atoms with Crippen LogP contribution in [0, 0.1) is 29.6 Å². The van der Waals surface area contributed by atoms with Crippen molar-refractivity contribution in [2.45, 2.75) is 59.8 Å². The van der Waals surface area contributed by atoms with Crippen LogP contribution in [0.1, 0.15) is 70.2 Å². The highest BCUT2D eigenvalue weighted by Crippen LogP contribution is 2.32. The molecule has 0 aliphatic carbocycles. The quantitative estimate of drug-likeness (QED) is 0.219. The van der Waals surface area contributed by atoms with Gasteiger partial charge >= 0.3 is 5.97 Å². The molecule has 1 aromatic carbocycles. The normalized spacial score (nSPS) is 13.1. The third kappa shape index (κ3) is 7.90. The van der Waals surface area contributed by atoms with Crippen LogP contribution in [0.3, 0.4) is 0 Å². The maximum absolute atomic E-state index is 12.3. The van der Waals surface area contributed by atoms with E-state index >= 15 is 0 Å². The van der Waals surface area contributed by atoms with Crippen molar-refractivity contribution in [3.05, 3.63) is 47.5 Å². The van der Waals surface area contributed by atoms with Crippen molar-refractivity contribution < 1.29 is 14.6 Å². The van der Waals surface area contributed by atoms with E-state index in [4.69, 9.17) is 11.2 Å². The second-order valence-electron chi connectivity index (χ2n) is 8.21. The standard InChI is InChI=1S/C25H36O3/c1-6-7-11-16-25(18-26,17-12-15-23(20(2)3)21(4)5)19-28-24(27)22-13-9-8-10-14-22/h1,8-10,13-15,20-21,26H,7,11-12,16-19H2,2-5H3/t25-/m1/s1. The highest BCUT2D eigenvalue weighted by atomic mass is 16.5. The molecule has 0 fully saturated rings. The summed E-state index contributed by atoms with van der Waals surface area (Å²) in [5.74, 6) is 3.31. The van der Waals surface area contributed by atoms with Gasteiger partial charge in [-0.3, -0.25) is 0 Å². The summed E-state index contributed by atoms with van der Waals surface area (Å²) in [5.41, 5.74) is 1.49. The predicted molar refractivity (Wildman–Crippen MR) is 116 cm³/mol. The number of unbranched alkanes of at least 4 members (excludes halogenated alkanes) is 1. The lowest BCUT2D eigenvalue weighted by Gasteiger charge is -2.31. The molecular weight excluding hydrogens is 348 g/mol. The largest absolute Gasteiger partial charge is 0.461 e. The molecule has 0 saturated heterocycles. The van der Waals surface area contributed by atoms with Gasteiger partial charge in [0.25, 0.3) is 0 Å². The fourth-order valence-electron chi connectivity index (χ4n) is 3.60. The van der Waals surface area contributed by atoms with Crippen molar-refractivity contribution in [1.29, 1.82) is 0 Å². The molecule has 0 aliphatic rings. The van der Waals surface area contributed by atoms with E-state index in [1.807, 2.05) is 18.2 Å². The topological polar surface area (TPSA) is 46.5 Å². The van der Waals surface area contributed by atoms with Crippen molar-refractivity contribution in [2.75, 3.05) is 13.2 Å². The molecule has 0 bridgehead atoms. The SMILES string of the molecule is C#CCCC[C@](CO)(CCC=C(C(C)C)C(C)C)COC(=O)c1ccccc1. The first-order chi connectivity index (χ1) is 13.3. The fraction of sp³-hybridized carbons (Fsp3) is 0.560. The van der Waals surface area contributed by atoms with Crippen molar-refractivity contribution in [2.24, 2.45) is 17.3 Å². The molecule has 0 radical (unpaired) electrons. The molecule has 28 heavy (non-hydrogen) atoms. The molecule has 154 valence electrons. The van der Waals surface area contributed by atoms with Gasteiger partial charge in [-0.1, -0.05) is 57.5 Å². The van der Waals surface area contributed by atoms with Crippen molar-refractivity contribution in [1.82, 2.24) is 0 Å². The predicted octanol–water partition coefficient (Wildman–Crippen LogP) is 5.64. The number of esters is 1. The Morgan fingerprint density at radius 1 is 1.18 bits per heavy atom. The summed E-state index contributed by atoms with van der Waals surface area (Å²) in [5, 5.41) is 10.2. The number of terminal acetylenes is 1. The van der Waals surface area contributed by atoms with Gasteiger partial charge in [-0.15, -0.1) is 12.3 Å². The lowest BCUT2D eigenvalue weighted by molar-refractivity contribution is 0.00236. The Bertz CT molecular complexity index is 642. The third-order valence-corrected chi connectivity index (χ3v) is 5.27. The Morgan fingerprint density at radius 3 is 2.36 bits per heavy atom. The first kappa shape index (κ1) is 24.0. The van der Waals surface area contributed by atoms with Crippen molar-refractivity contribution in [3.63, 3.8) is 0 Å². The molecule has 1 rings (SSSR count). The molecule has 0 unspecified atom stereocenters. The van der Waals surface area contributed by atoms with Gasteiger partial charge in [-0.25, -0.2) is 4.79 Å². The zero-order valence-electron chi connectivity index (χ0n) is 17.9. The van der Waals surface area contributed by atoms with E-state index < -0.39 is 5.41 Å². The molecule has 1 atom stereocenters. The summed E-state index contributed by atoms with van der Waals surface area (Å²) in [7, 11) is 0. The minimum Gasteiger partial charge on any atom is -0.461 e. The second-order valence-corrected chi connectivity index (χ2v) is 8.21. The van der Waals surface area contributed by atoms with Crippen LogP contribution >= 0.6 is 0 Å². The average molecular weight is 385 g/mol. The van der Waals surface area contributed by atoms with Gasteiger partial charge in [0, 0.05) is 11.8 Å². The lowest BCUT2D eigenvalue weighted by atomic mass is 9.79. The Labute approximate surface area is 171 Å².